The molecule has 1 atom stereocenters. The number of nitrogens with zero attached hydrogens (tertiary/aromatic N) is 1. The molecule has 1 unspecified atom stereocenters. The van der Waals surface area contributed by atoms with E-state index in [0.717, 1.165) is 11.0 Å². The van der Waals surface area contributed by atoms with Crippen molar-refractivity contribution in [2.75, 3.05) is 0 Å². The van der Waals surface area contributed by atoms with Crippen LogP contribution in [0.15, 0.2) is 22.7 Å². The molecule has 0 saturated carbocycles. The number of nitriles is 1. The molecule has 0 saturated heterocycles. The second-order valence-corrected chi connectivity index (χ2v) is 4.59. The van der Waals surface area contributed by atoms with Crippen LogP contribution in [0.3, 0.4) is 0 Å². The number of hydrogen-bond acceptors (Lipinski definition) is 2. The van der Waals surface area contributed by atoms with Crippen LogP contribution in [0.4, 0.5) is 0 Å². The summed E-state index contributed by atoms with van der Waals surface area (Å²) in [5.74, 6) is 0. The monoisotopic (exact) mass is 266 g/mol. The SMILES string of the molecule is Cc1ccc(CNC(C)CC#N)c(Br)c1. The summed E-state index contributed by atoms with van der Waals surface area (Å²) < 4.78 is 1.12. The third kappa shape index (κ3) is 4.03. The smallest absolute Gasteiger partial charge is 0.0638 e. The van der Waals surface area contributed by atoms with Crippen LogP contribution in [-0.2, 0) is 6.54 Å². The van der Waals surface area contributed by atoms with E-state index in [1.807, 2.05) is 6.92 Å². The molecule has 0 aliphatic carbocycles. The Labute approximate surface area is 99.4 Å². The minimum Gasteiger partial charge on any atom is -0.309 e. The summed E-state index contributed by atoms with van der Waals surface area (Å²) in [6, 6.07) is 8.69. The van der Waals surface area contributed by atoms with Crippen LogP contribution in [0.1, 0.15) is 24.5 Å². The molecule has 0 aromatic heterocycles. The van der Waals surface area contributed by atoms with E-state index in [1.54, 1.807) is 0 Å². The molecule has 0 aliphatic rings. The van der Waals surface area contributed by atoms with E-state index < -0.39 is 0 Å². The first-order valence-corrected chi connectivity index (χ1v) is 5.78. The third-order valence-corrected chi connectivity index (χ3v) is 2.99. The van der Waals surface area contributed by atoms with Crippen molar-refractivity contribution >= 4 is 15.9 Å². The predicted octanol–water partition coefficient (Wildman–Crippen LogP) is 3.15. The van der Waals surface area contributed by atoms with Gasteiger partial charge in [-0.2, -0.15) is 5.26 Å². The van der Waals surface area contributed by atoms with Gasteiger partial charge in [-0.1, -0.05) is 28.1 Å². The summed E-state index contributed by atoms with van der Waals surface area (Å²) in [5, 5.41) is 11.8. The number of nitrogens with one attached hydrogen (secondary N) is 1. The van der Waals surface area contributed by atoms with E-state index in [-0.39, 0.29) is 6.04 Å². The lowest BCUT2D eigenvalue weighted by molar-refractivity contribution is 0.556. The summed E-state index contributed by atoms with van der Waals surface area (Å²) in [4.78, 5) is 0. The summed E-state index contributed by atoms with van der Waals surface area (Å²) in [6.45, 7) is 4.88. The maximum Gasteiger partial charge on any atom is 0.0638 e. The number of aryl methyl sites for hydroxylation is 1. The van der Waals surface area contributed by atoms with Gasteiger partial charge in [-0.3, -0.25) is 0 Å². The van der Waals surface area contributed by atoms with E-state index in [2.05, 4.69) is 52.4 Å². The van der Waals surface area contributed by atoms with Gasteiger partial charge in [0.25, 0.3) is 0 Å². The van der Waals surface area contributed by atoms with Crippen LogP contribution in [-0.4, -0.2) is 6.04 Å². The molecule has 0 fully saturated rings. The Bertz CT molecular complexity index is 368. The molecular formula is C12H15BrN2. The Kier molecular flexibility index (Phi) is 4.80. The number of hydrogen-bond donors (Lipinski definition) is 1. The Morgan fingerprint density at radius 2 is 2.27 bits per heavy atom. The molecule has 15 heavy (non-hydrogen) atoms. The molecule has 0 amide bonds. The standard InChI is InChI=1S/C12H15BrN2/c1-9-3-4-11(12(13)7-9)8-15-10(2)5-6-14/h3-4,7,10,15H,5,8H2,1-2H3. The summed E-state index contributed by atoms with van der Waals surface area (Å²) in [5.41, 5.74) is 2.47. The van der Waals surface area contributed by atoms with E-state index in [0.29, 0.717) is 6.42 Å². The van der Waals surface area contributed by atoms with Gasteiger partial charge >= 0.3 is 0 Å². The molecule has 0 radical (unpaired) electrons. The summed E-state index contributed by atoms with van der Waals surface area (Å²) >= 11 is 3.53. The molecule has 1 aromatic carbocycles. The molecular weight excluding hydrogens is 252 g/mol. The fourth-order valence-corrected chi connectivity index (χ4v) is 1.92. The van der Waals surface area contributed by atoms with Crippen molar-refractivity contribution in [1.29, 1.82) is 5.26 Å². The van der Waals surface area contributed by atoms with Gasteiger partial charge in [0, 0.05) is 17.1 Å². The van der Waals surface area contributed by atoms with Crippen molar-refractivity contribution in [2.45, 2.75) is 32.9 Å². The Morgan fingerprint density at radius 1 is 1.53 bits per heavy atom. The van der Waals surface area contributed by atoms with Crippen molar-refractivity contribution in [3.63, 3.8) is 0 Å². The van der Waals surface area contributed by atoms with E-state index in [4.69, 9.17) is 5.26 Å². The van der Waals surface area contributed by atoms with Gasteiger partial charge in [-0.05, 0) is 31.0 Å². The summed E-state index contributed by atoms with van der Waals surface area (Å²) in [7, 11) is 0. The highest BCUT2D eigenvalue weighted by Gasteiger charge is 2.03. The fourth-order valence-electron chi connectivity index (χ4n) is 1.29. The van der Waals surface area contributed by atoms with Crippen LogP contribution in [0.25, 0.3) is 0 Å². The van der Waals surface area contributed by atoms with Gasteiger partial charge in [0.05, 0.1) is 12.5 Å². The van der Waals surface area contributed by atoms with Gasteiger partial charge in [0.2, 0.25) is 0 Å². The quantitative estimate of drug-likeness (QED) is 0.909. The minimum atomic E-state index is 0.239. The normalized spacial score (nSPS) is 12.1. The number of benzene rings is 1. The first kappa shape index (κ1) is 12.2. The molecule has 0 spiro atoms. The average Bonchev–Trinajstić information content (AvgIpc) is 2.17. The largest absolute Gasteiger partial charge is 0.309 e. The molecule has 1 aromatic rings. The Hall–Kier alpha value is -0.850. The van der Waals surface area contributed by atoms with Gasteiger partial charge < -0.3 is 5.32 Å². The van der Waals surface area contributed by atoms with E-state index in [9.17, 15) is 0 Å². The lowest BCUT2D eigenvalue weighted by Gasteiger charge is -2.11. The van der Waals surface area contributed by atoms with Gasteiger partial charge in [0.15, 0.2) is 0 Å². The highest BCUT2D eigenvalue weighted by atomic mass is 79.9. The molecule has 2 nitrogen and oxygen atoms in total. The Balaban J connectivity index is 2.55. The van der Waals surface area contributed by atoms with Gasteiger partial charge in [-0.15, -0.1) is 0 Å². The van der Waals surface area contributed by atoms with E-state index >= 15 is 0 Å². The van der Waals surface area contributed by atoms with Gasteiger partial charge in [0.1, 0.15) is 0 Å². The van der Waals surface area contributed by atoms with Crippen molar-refractivity contribution in [1.82, 2.24) is 5.32 Å². The highest BCUT2D eigenvalue weighted by molar-refractivity contribution is 9.10. The third-order valence-electron chi connectivity index (χ3n) is 2.25. The average molecular weight is 267 g/mol. The molecule has 80 valence electrons. The topological polar surface area (TPSA) is 35.8 Å². The first-order valence-electron chi connectivity index (χ1n) is 4.99. The molecule has 0 aliphatic heterocycles. The van der Waals surface area contributed by atoms with E-state index in [1.165, 1.54) is 11.1 Å². The fraction of sp³-hybridized carbons (Fsp3) is 0.417. The highest BCUT2D eigenvalue weighted by Crippen LogP contribution is 2.18. The number of rotatable bonds is 4. The molecule has 3 heteroatoms. The van der Waals surface area contributed by atoms with Crippen LogP contribution >= 0.6 is 15.9 Å². The zero-order valence-electron chi connectivity index (χ0n) is 9.05. The predicted molar refractivity (Wildman–Crippen MR) is 65.4 cm³/mol. The maximum absolute atomic E-state index is 8.53. The molecule has 0 heterocycles. The zero-order valence-corrected chi connectivity index (χ0v) is 10.6. The van der Waals surface area contributed by atoms with Gasteiger partial charge in [-0.25, -0.2) is 0 Å². The zero-order chi connectivity index (χ0) is 11.3. The van der Waals surface area contributed by atoms with Crippen LogP contribution in [0.2, 0.25) is 0 Å². The van der Waals surface area contributed by atoms with Crippen LogP contribution in [0.5, 0.6) is 0 Å². The Morgan fingerprint density at radius 3 is 2.87 bits per heavy atom. The van der Waals surface area contributed by atoms with Crippen molar-refractivity contribution in [3.05, 3.63) is 33.8 Å². The van der Waals surface area contributed by atoms with Crippen molar-refractivity contribution in [2.24, 2.45) is 0 Å². The maximum atomic E-state index is 8.53. The minimum absolute atomic E-state index is 0.239. The molecule has 1 rings (SSSR count). The van der Waals surface area contributed by atoms with Crippen molar-refractivity contribution in [3.8, 4) is 6.07 Å². The second kappa shape index (κ2) is 5.89. The number of halogens is 1. The summed E-state index contributed by atoms with van der Waals surface area (Å²) in [6.07, 6.45) is 0.545. The van der Waals surface area contributed by atoms with Crippen LogP contribution < -0.4 is 5.32 Å². The molecule has 0 bridgehead atoms. The molecule has 1 N–H and O–H groups in total. The first-order chi connectivity index (χ1) is 7.13. The van der Waals surface area contributed by atoms with Crippen LogP contribution in [0, 0.1) is 18.3 Å². The lowest BCUT2D eigenvalue weighted by atomic mass is 10.1. The second-order valence-electron chi connectivity index (χ2n) is 3.74. The lowest BCUT2D eigenvalue weighted by Crippen LogP contribution is -2.24. The van der Waals surface area contributed by atoms with Crippen molar-refractivity contribution < 1.29 is 0 Å².